The molecule has 124 valence electrons. The van der Waals surface area contributed by atoms with Crippen LogP contribution in [-0.4, -0.2) is 48.3 Å². The molecule has 0 spiro atoms. The van der Waals surface area contributed by atoms with Gasteiger partial charge in [0.25, 0.3) is 0 Å². The van der Waals surface area contributed by atoms with Crippen LogP contribution in [0, 0.1) is 11.7 Å². The summed E-state index contributed by atoms with van der Waals surface area (Å²) in [6.45, 7) is 1.94. The van der Waals surface area contributed by atoms with Gasteiger partial charge in [0, 0.05) is 39.0 Å². The number of carbonyl (C=O) groups is 2. The first-order valence-corrected chi connectivity index (χ1v) is 8.33. The van der Waals surface area contributed by atoms with E-state index in [4.69, 9.17) is 0 Å². The summed E-state index contributed by atoms with van der Waals surface area (Å²) in [5, 5.41) is 0. The molecule has 2 atom stereocenters. The number of hydrogen-bond acceptors (Lipinski definition) is 2. The Morgan fingerprint density at radius 2 is 1.91 bits per heavy atom. The molecule has 1 aromatic rings. The molecular weight excluding hydrogens is 295 g/mol. The lowest BCUT2D eigenvalue weighted by atomic mass is 9.94. The first-order valence-electron chi connectivity index (χ1n) is 8.33. The van der Waals surface area contributed by atoms with E-state index >= 15 is 0 Å². The summed E-state index contributed by atoms with van der Waals surface area (Å²) >= 11 is 0. The van der Waals surface area contributed by atoms with Crippen molar-refractivity contribution < 1.29 is 14.0 Å². The molecule has 1 aromatic carbocycles. The monoisotopic (exact) mass is 318 g/mol. The highest BCUT2D eigenvalue weighted by Crippen LogP contribution is 2.28. The zero-order valence-corrected chi connectivity index (χ0v) is 13.5. The van der Waals surface area contributed by atoms with Gasteiger partial charge in [-0.15, -0.1) is 0 Å². The van der Waals surface area contributed by atoms with Gasteiger partial charge in [-0.2, -0.15) is 0 Å². The van der Waals surface area contributed by atoms with Crippen molar-refractivity contribution in [2.45, 2.75) is 31.6 Å². The molecule has 0 N–H and O–H groups in total. The number of carbonyl (C=O) groups excluding carboxylic acids is 2. The Kier molecular flexibility index (Phi) is 4.64. The molecular formula is C18H23FN2O2. The molecule has 2 aliphatic rings. The van der Waals surface area contributed by atoms with Crippen LogP contribution in [0.2, 0.25) is 0 Å². The molecule has 0 aliphatic carbocycles. The van der Waals surface area contributed by atoms with E-state index < -0.39 is 0 Å². The summed E-state index contributed by atoms with van der Waals surface area (Å²) in [5.41, 5.74) is 1.09. The third kappa shape index (κ3) is 3.54. The summed E-state index contributed by atoms with van der Waals surface area (Å²) in [6.07, 6.45) is 3.39. The zero-order valence-electron chi connectivity index (χ0n) is 13.5. The van der Waals surface area contributed by atoms with E-state index in [9.17, 15) is 14.0 Å². The molecule has 2 saturated heterocycles. The Balaban J connectivity index is 1.71. The molecule has 2 heterocycles. The third-order valence-electron chi connectivity index (χ3n) is 5.01. The zero-order chi connectivity index (χ0) is 16.4. The van der Waals surface area contributed by atoms with E-state index in [2.05, 4.69) is 0 Å². The summed E-state index contributed by atoms with van der Waals surface area (Å²) in [6, 6.07) is 6.61. The van der Waals surface area contributed by atoms with Gasteiger partial charge in [-0.1, -0.05) is 18.6 Å². The summed E-state index contributed by atoms with van der Waals surface area (Å²) in [7, 11) is 1.75. The van der Waals surface area contributed by atoms with Gasteiger partial charge in [0.1, 0.15) is 5.82 Å². The van der Waals surface area contributed by atoms with Gasteiger partial charge >= 0.3 is 0 Å². The lowest BCUT2D eigenvalue weighted by Gasteiger charge is -2.27. The lowest BCUT2D eigenvalue weighted by Crippen LogP contribution is -2.39. The normalized spacial score (nSPS) is 25.6. The molecule has 2 amide bonds. The summed E-state index contributed by atoms with van der Waals surface area (Å²) < 4.78 is 13.1. The Labute approximate surface area is 136 Å². The third-order valence-corrected chi connectivity index (χ3v) is 5.01. The summed E-state index contributed by atoms with van der Waals surface area (Å²) in [5.74, 6) is -0.0517. The van der Waals surface area contributed by atoms with Crippen LogP contribution in [-0.2, 0) is 9.59 Å². The average Bonchev–Trinajstić information content (AvgIpc) is 2.76. The second-order valence-corrected chi connectivity index (χ2v) is 6.70. The van der Waals surface area contributed by atoms with Crippen LogP contribution in [0.25, 0.3) is 0 Å². The molecule has 0 aromatic heterocycles. The first-order chi connectivity index (χ1) is 11.0. The van der Waals surface area contributed by atoms with E-state index in [0.29, 0.717) is 19.5 Å². The van der Waals surface area contributed by atoms with Crippen molar-refractivity contribution in [2.75, 3.05) is 26.7 Å². The Hall–Kier alpha value is -1.91. The fourth-order valence-corrected chi connectivity index (χ4v) is 3.64. The molecule has 4 nitrogen and oxygen atoms in total. The van der Waals surface area contributed by atoms with Crippen LogP contribution in [0.5, 0.6) is 0 Å². The Morgan fingerprint density at radius 1 is 1.17 bits per heavy atom. The lowest BCUT2D eigenvalue weighted by molar-refractivity contribution is -0.136. The molecule has 0 saturated carbocycles. The molecule has 2 unspecified atom stereocenters. The Bertz CT molecular complexity index is 587. The van der Waals surface area contributed by atoms with E-state index in [1.165, 1.54) is 12.1 Å². The highest BCUT2D eigenvalue weighted by molar-refractivity contribution is 5.89. The maximum atomic E-state index is 13.1. The smallest absolute Gasteiger partial charge is 0.228 e. The molecule has 5 heteroatoms. The number of benzene rings is 1. The summed E-state index contributed by atoms with van der Waals surface area (Å²) in [4.78, 5) is 28.0. The number of likely N-dealkylation sites (tertiary alicyclic amines) is 2. The van der Waals surface area contributed by atoms with Crippen LogP contribution in [0.3, 0.4) is 0 Å². The molecule has 0 bridgehead atoms. The number of hydrogen-bond donors (Lipinski definition) is 0. The predicted octanol–water partition coefficient (Wildman–Crippen LogP) is 2.40. The van der Waals surface area contributed by atoms with Gasteiger partial charge < -0.3 is 9.80 Å². The van der Waals surface area contributed by atoms with Crippen molar-refractivity contribution in [1.82, 2.24) is 9.80 Å². The van der Waals surface area contributed by atoms with Crippen LogP contribution < -0.4 is 0 Å². The quantitative estimate of drug-likeness (QED) is 0.840. The SMILES string of the molecule is CN1CC(C(=O)N2CCCCC(c3ccc(F)cc3)C2)CC1=O. The van der Waals surface area contributed by atoms with Crippen LogP contribution in [0.1, 0.15) is 37.2 Å². The topological polar surface area (TPSA) is 40.6 Å². The average molecular weight is 318 g/mol. The second kappa shape index (κ2) is 6.69. The van der Waals surface area contributed by atoms with Gasteiger partial charge in [-0.3, -0.25) is 9.59 Å². The van der Waals surface area contributed by atoms with Gasteiger partial charge in [0.2, 0.25) is 11.8 Å². The molecule has 3 rings (SSSR count). The van der Waals surface area contributed by atoms with Crippen LogP contribution in [0.15, 0.2) is 24.3 Å². The van der Waals surface area contributed by atoms with Gasteiger partial charge in [-0.05, 0) is 30.5 Å². The largest absolute Gasteiger partial charge is 0.345 e. The van der Waals surface area contributed by atoms with Crippen LogP contribution in [0.4, 0.5) is 4.39 Å². The highest BCUT2D eigenvalue weighted by atomic mass is 19.1. The van der Waals surface area contributed by atoms with Crippen molar-refractivity contribution in [2.24, 2.45) is 5.92 Å². The maximum Gasteiger partial charge on any atom is 0.228 e. The number of nitrogens with zero attached hydrogens (tertiary/aromatic N) is 2. The van der Waals surface area contributed by atoms with Gasteiger partial charge in [0.05, 0.1) is 5.92 Å². The van der Waals surface area contributed by atoms with E-state index in [1.807, 2.05) is 17.0 Å². The predicted molar refractivity (Wildman–Crippen MR) is 85.3 cm³/mol. The number of amides is 2. The van der Waals surface area contributed by atoms with Gasteiger partial charge in [0.15, 0.2) is 0 Å². The standard InChI is InChI=1S/C18H23FN2O2/c1-20-11-15(10-17(20)22)18(23)21-9-3-2-4-14(12-21)13-5-7-16(19)8-6-13/h5-8,14-15H,2-4,9-12H2,1H3. The minimum atomic E-state index is -0.234. The first kappa shape index (κ1) is 16.0. The van der Waals surface area contributed by atoms with E-state index in [1.54, 1.807) is 11.9 Å². The van der Waals surface area contributed by atoms with Gasteiger partial charge in [-0.25, -0.2) is 4.39 Å². The fraction of sp³-hybridized carbons (Fsp3) is 0.556. The van der Waals surface area contributed by atoms with E-state index in [-0.39, 0.29) is 29.5 Å². The second-order valence-electron chi connectivity index (χ2n) is 6.70. The molecule has 23 heavy (non-hydrogen) atoms. The van der Waals surface area contributed by atoms with Crippen molar-refractivity contribution in [1.29, 1.82) is 0 Å². The van der Waals surface area contributed by atoms with Crippen molar-refractivity contribution in [3.63, 3.8) is 0 Å². The minimum Gasteiger partial charge on any atom is -0.345 e. The van der Waals surface area contributed by atoms with Crippen molar-refractivity contribution in [3.05, 3.63) is 35.6 Å². The maximum absolute atomic E-state index is 13.1. The highest BCUT2D eigenvalue weighted by Gasteiger charge is 2.35. The fourth-order valence-electron chi connectivity index (χ4n) is 3.64. The number of rotatable bonds is 2. The molecule has 0 radical (unpaired) electrons. The molecule has 2 fully saturated rings. The number of halogens is 1. The van der Waals surface area contributed by atoms with Crippen LogP contribution >= 0.6 is 0 Å². The Morgan fingerprint density at radius 3 is 2.57 bits per heavy atom. The molecule has 2 aliphatic heterocycles. The van der Waals surface area contributed by atoms with Crippen molar-refractivity contribution in [3.8, 4) is 0 Å². The van der Waals surface area contributed by atoms with Crippen molar-refractivity contribution >= 4 is 11.8 Å². The minimum absolute atomic E-state index is 0.0493. The van der Waals surface area contributed by atoms with E-state index in [0.717, 1.165) is 31.4 Å².